The summed E-state index contributed by atoms with van der Waals surface area (Å²) in [6, 6.07) is 61.4. The van der Waals surface area contributed by atoms with E-state index in [0.29, 0.717) is 23.2 Å². The first kappa shape index (κ1) is 30.1. The molecule has 5 heteroatoms. The van der Waals surface area contributed by atoms with E-state index in [4.69, 9.17) is 24.7 Å². The number of benzene rings is 7. The van der Waals surface area contributed by atoms with Crippen molar-refractivity contribution in [1.29, 1.82) is 0 Å². The fourth-order valence-electron chi connectivity index (χ4n) is 6.51. The predicted octanol–water partition coefficient (Wildman–Crippen LogP) is 11.7. The minimum Gasteiger partial charge on any atom is -0.457 e. The van der Waals surface area contributed by atoms with E-state index >= 15 is 0 Å². The Morgan fingerprint density at radius 3 is 1.33 bits per heavy atom. The minimum atomic E-state index is 0.601. The van der Waals surface area contributed by atoms with Gasteiger partial charge in [0, 0.05) is 38.4 Å². The maximum absolute atomic E-state index is 6.31. The second kappa shape index (κ2) is 13.1. The molecule has 7 aromatic carbocycles. The largest absolute Gasteiger partial charge is 0.457 e. The van der Waals surface area contributed by atoms with Crippen LogP contribution in [-0.4, -0.2) is 19.9 Å². The fraction of sp³-hybridized carbons (Fsp3) is 0. The number of aromatic nitrogens is 4. The molecule has 240 valence electrons. The van der Waals surface area contributed by atoms with Gasteiger partial charge in [0.05, 0.1) is 11.2 Å². The van der Waals surface area contributed by atoms with Gasteiger partial charge < -0.3 is 4.74 Å². The van der Waals surface area contributed by atoms with Gasteiger partial charge in [-0.25, -0.2) is 19.9 Å². The lowest BCUT2D eigenvalue weighted by Crippen LogP contribution is -2.00. The number of nitrogens with zero attached hydrogens (tertiary/aromatic N) is 4. The molecule has 51 heavy (non-hydrogen) atoms. The minimum absolute atomic E-state index is 0.601. The Hall–Kier alpha value is -6.98. The van der Waals surface area contributed by atoms with Crippen LogP contribution >= 0.6 is 0 Å². The number of hydrogen-bond acceptors (Lipinski definition) is 5. The quantitative estimate of drug-likeness (QED) is 0.160. The lowest BCUT2D eigenvalue weighted by Gasteiger charge is -2.14. The van der Waals surface area contributed by atoms with Crippen LogP contribution in [0.2, 0.25) is 0 Å². The van der Waals surface area contributed by atoms with Crippen molar-refractivity contribution in [3.05, 3.63) is 182 Å². The molecule has 0 saturated heterocycles. The van der Waals surface area contributed by atoms with Crippen molar-refractivity contribution in [1.82, 2.24) is 19.9 Å². The van der Waals surface area contributed by atoms with Crippen molar-refractivity contribution in [3.8, 4) is 68.0 Å². The average Bonchev–Trinajstić information content (AvgIpc) is 3.22. The van der Waals surface area contributed by atoms with Gasteiger partial charge in [0.2, 0.25) is 0 Å². The summed E-state index contributed by atoms with van der Waals surface area (Å²) < 4.78 is 6.31. The Morgan fingerprint density at radius 1 is 0.314 bits per heavy atom. The summed E-state index contributed by atoms with van der Waals surface area (Å²) in [5, 5.41) is 3.46. The molecule has 0 N–H and O–H groups in total. The number of para-hydroxylation sites is 1. The van der Waals surface area contributed by atoms with Crippen molar-refractivity contribution in [3.63, 3.8) is 0 Å². The summed E-state index contributed by atoms with van der Waals surface area (Å²) in [7, 11) is 0. The van der Waals surface area contributed by atoms with Gasteiger partial charge >= 0.3 is 0 Å². The molecule has 9 rings (SSSR count). The Balaban J connectivity index is 1.02. The summed E-state index contributed by atoms with van der Waals surface area (Å²) in [6.45, 7) is 0. The number of rotatable bonds is 7. The zero-order chi connectivity index (χ0) is 34.0. The van der Waals surface area contributed by atoms with E-state index in [1.807, 2.05) is 103 Å². The molecule has 0 bridgehead atoms. The van der Waals surface area contributed by atoms with Crippen molar-refractivity contribution < 1.29 is 4.74 Å². The van der Waals surface area contributed by atoms with Crippen LogP contribution in [0.5, 0.6) is 11.5 Å². The fourth-order valence-corrected chi connectivity index (χ4v) is 6.51. The van der Waals surface area contributed by atoms with Crippen molar-refractivity contribution in [2.45, 2.75) is 0 Å². The van der Waals surface area contributed by atoms with Gasteiger partial charge in [0.1, 0.15) is 11.5 Å². The highest BCUT2D eigenvalue weighted by molar-refractivity contribution is 6.17. The van der Waals surface area contributed by atoms with Crippen molar-refractivity contribution in [2.24, 2.45) is 0 Å². The van der Waals surface area contributed by atoms with Gasteiger partial charge in [-0.05, 0) is 65.7 Å². The Morgan fingerprint density at radius 2 is 0.765 bits per heavy atom. The van der Waals surface area contributed by atoms with Crippen LogP contribution in [0, 0.1) is 0 Å². The van der Waals surface area contributed by atoms with Crippen molar-refractivity contribution >= 4 is 21.7 Å². The van der Waals surface area contributed by atoms with E-state index in [2.05, 4.69) is 78.9 Å². The van der Waals surface area contributed by atoms with Crippen LogP contribution in [0.25, 0.3) is 78.2 Å². The molecule has 0 saturated carbocycles. The van der Waals surface area contributed by atoms with Gasteiger partial charge in [-0.3, -0.25) is 0 Å². The molecule has 0 aliphatic heterocycles. The monoisotopic (exact) mass is 654 g/mol. The number of ether oxygens (including phenoxy) is 1. The third-order valence-corrected chi connectivity index (χ3v) is 8.99. The molecule has 0 amide bonds. The van der Waals surface area contributed by atoms with Crippen molar-refractivity contribution in [2.75, 3.05) is 0 Å². The third-order valence-electron chi connectivity index (χ3n) is 8.99. The molecule has 9 aromatic rings. The number of pyridine rings is 1. The van der Waals surface area contributed by atoms with Crippen LogP contribution < -0.4 is 4.74 Å². The highest BCUT2D eigenvalue weighted by Gasteiger charge is 2.15. The van der Waals surface area contributed by atoms with Gasteiger partial charge in [-0.15, -0.1) is 0 Å². The maximum atomic E-state index is 6.31. The average molecular weight is 655 g/mol. The molecule has 0 unspecified atom stereocenters. The molecule has 2 aromatic heterocycles. The first-order valence-corrected chi connectivity index (χ1v) is 16.9. The standard InChI is InChI=1S/C46H30N4O/c1-4-13-31(14-5-1)38-20-12-21-40-42(38)39-19-10-11-22-41(39)47-43(40)32-23-27-36(28-24-32)51-37-29-25-35(26-30-37)46-49-44(33-15-6-2-7-16-33)48-45(50-46)34-17-8-3-9-18-34/h1-30H. The van der Waals surface area contributed by atoms with E-state index in [0.717, 1.165) is 50.0 Å². The summed E-state index contributed by atoms with van der Waals surface area (Å²) in [6.07, 6.45) is 0. The van der Waals surface area contributed by atoms with E-state index in [9.17, 15) is 0 Å². The topological polar surface area (TPSA) is 60.8 Å². The van der Waals surface area contributed by atoms with E-state index < -0.39 is 0 Å². The Kier molecular flexibility index (Phi) is 7.76. The molecular weight excluding hydrogens is 625 g/mol. The van der Waals surface area contributed by atoms with Gasteiger partial charge in [0.15, 0.2) is 17.5 Å². The third kappa shape index (κ3) is 5.98. The van der Waals surface area contributed by atoms with Gasteiger partial charge in [-0.2, -0.15) is 0 Å². The lowest BCUT2D eigenvalue weighted by molar-refractivity contribution is 0.483. The summed E-state index contributed by atoms with van der Waals surface area (Å²) >= 11 is 0. The highest BCUT2D eigenvalue weighted by Crippen LogP contribution is 2.39. The molecule has 0 aliphatic carbocycles. The first-order valence-electron chi connectivity index (χ1n) is 16.9. The summed E-state index contributed by atoms with van der Waals surface area (Å²) in [5.41, 5.74) is 8.06. The van der Waals surface area contributed by atoms with Gasteiger partial charge in [-0.1, -0.05) is 127 Å². The summed E-state index contributed by atoms with van der Waals surface area (Å²) in [4.78, 5) is 19.6. The zero-order valence-corrected chi connectivity index (χ0v) is 27.5. The molecule has 5 nitrogen and oxygen atoms in total. The SMILES string of the molecule is c1ccc(-c2nc(-c3ccccc3)nc(-c3ccc(Oc4ccc(-c5nc6ccccc6c6c(-c7ccccc7)cccc56)cc4)cc3)n2)cc1. The normalized spacial score (nSPS) is 11.1. The Labute approximate surface area is 295 Å². The highest BCUT2D eigenvalue weighted by atomic mass is 16.5. The molecule has 0 fully saturated rings. The molecule has 0 aliphatic rings. The van der Waals surface area contributed by atoms with Crippen LogP contribution in [0.4, 0.5) is 0 Å². The van der Waals surface area contributed by atoms with Crippen LogP contribution in [0.15, 0.2) is 182 Å². The summed E-state index contributed by atoms with van der Waals surface area (Å²) in [5.74, 6) is 3.31. The molecule has 0 atom stereocenters. The molecule has 2 heterocycles. The van der Waals surface area contributed by atoms with Crippen LogP contribution in [0.3, 0.4) is 0 Å². The first-order chi connectivity index (χ1) is 25.3. The van der Waals surface area contributed by atoms with Gasteiger partial charge in [0.25, 0.3) is 0 Å². The Bertz CT molecular complexity index is 2570. The smallest absolute Gasteiger partial charge is 0.164 e. The van der Waals surface area contributed by atoms with E-state index in [1.54, 1.807) is 0 Å². The van der Waals surface area contributed by atoms with E-state index in [1.165, 1.54) is 16.5 Å². The van der Waals surface area contributed by atoms with Crippen LogP contribution in [0.1, 0.15) is 0 Å². The number of hydrogen-bond donors (Lipinski definition) is 0. The van der Waals surface area contributed by atoms with Crippen LogP contribution in [-0.2, 0) is 0 Å². The second-order valence-corrected chi connectivity index (χ2v) is 12.3. The zero-order valence-electron chi connectivity index (χ0n) is 27.5. The number of fused-ring (bicyclic) bond motifs is 3. The van der Waals surface area contributed by atoms with E-state index in [-0.39, 0.29) is 0 Å². The lowest BCUT2D eigenvalue weighted by atomic mass is 9.93. The molecule has 0 radical (unpaired) electrons. The molecule has 0 spiro atoms. The second-order valence-electron chi connectivity index (χ2n) is 12.3. The molecular formula is C46H30N4O. The predicted molar refractivity (Wildman–Crippen MR) is 206 cm³/mol. The maximum Gasteiger partial charge on any atom is 0.164 e.